The molecule has 3 aromatic carbocycles. The molecule has 0 spiro atoms. The maximum atomic E-state index is 12.9. The number of benzene rings is 3. The largest absolute Gasteiger partial charge is 0.478 e. The number of carboxylic acid groups (broad SMARTS) is 1. The minimum atomic E-state index is -1.05. The maximum absolute atomic E-state index is 12.9. The SMILES string of the molecule is O=C(O)c1cccc(N2C(=O)/C(=C/c3cccc4ccccc34)SC2=S)c1. The number of amides is 1. The molecule has 3 aromatic rings. The molecule has 4 nitrogen and oxygen atoms in total. The third-order valence-electron chi connectivity index (χ3n) is 4.25. The molecule has 1 amide bonds. The molecular formula is C21H13NO3S2. The zero-order valence-corrected chi connectivity index (χ0v) is 15.6. The summed E-state index contributed by atoms with van der Waals surface area (Å²) < 4.78 is 0.383. The average molecular weight is 391 g/mol. The summed E-state index contributed by atoms with van der Waals surface area (Å²) in [7, 11) is 0. The van der Waals surface area contributed by atoms with E-state index in [-0.39, 0.29) is 11.5 Å². The molecule has 0 unspecified atom stereocenters. The summed E-state index contributed by atoms with van der Waals surface area (Å²) in [4.78, 5) is 26.0. The van der Waals surface area contributed by atoms with E-state index in [9.17, 15) is 14.7 Å². The number of hydrogen-bond donors (Lipinski definition) is 1. The zero-order chi connectivity index (χ0) is 19.0. The molecule has 1 aliphatic rings. The number of aromatic carboxylic acids is 1. The lowest BCUT2D eigenvalue weighted by Crippen LogP contribution is -2.27. The Hall–Kier alpha value is -2.96. The van der Waals surface area contributed by atoms with Crippen molar-refractivity contribution < 1.29 is 14.7 Å². The molecule has 0 bridgehead atoms. The van der Waals surface area contributed by atoms with Crippen molar-refractivity contribution in [2.24, 2.45) is 0 Å². The normalized spacial score (nSPS) is 15.7. The van der Waals surface area contributed by atoms with Crippen molar-refractivity contribution in [3.63, 3.8) is 0 Å². The smallest absolute Gasteiger partial charge is 0.335 e. The zero-order valence-electron chi connectivity index (χ0n) is 14.0. The molecule has 0 aromatic heterocycles. The van der Waals surface area contributed by atoms with Crippen LogP contribution in [0.3, 0.4) is 0 Å². The molecule has 1 heterocycles. The van der Waals surface area contributed by atoms with Gasteiger partial charge >= 0.3 is 5.97 Å². The Bertz CT molecular complexity index is 1130. The average Bonchev–Trinajstić information content (AvgIpc) is 2.95. The van der Waals surface area contributed by atoms with Gasteiger partial charge < -0.3 is 5.11 Å². The first kappa shape index (κ1) is 17.5. The summed E-state index contributed by atoms with van der Waals surface area (Å²) in [6.07, 6.45) is 1.84. The van der Waals surface area contributed by atoms with Crippen molar-refractivity contribution in [2.75, 3.05) is 4.90 Å². The molecule has 1 N–H and O–H groups in total. The van der Waals surface area contributed by atoms with Crippen LogP contribution >= 0.6 is 24.0 Å². The molecule has 0 radical (unpaired) electrons. The van der Waals surface area contributed by atoms with Crippen LogP contribution in [0.4, 0.5) is 5.69 Å². The van der Waals surface area contributed by atoms with Gasteiger partial charge in [0.05, 0.1) is 16.2 Å². The third-order valence-corrected chi connectivity index (χ3v) is 5.56. The number of anilines is 1. The molecule has 1 saturated heterocycles. The number of nitrogens with zero attached hydrogens (tertiary/aromatic N) is 1. The van der Waals surface area contributed by atoms with Gasteiger partial charge in [-0.1, -0.05) is 72.5 Å². The number of fused-ring (bicyclic) bond motifs is 1. The second kappa shape index (κ2) is 6.98. The monoisotopic (exact) mass is 391 g/mol. The van der Waals surface area contributed by atoms with Gasteiger partial charge in [0, 0.05) is 0 Å². The molecule has 27 heavy (non-hydrogen) atoms. The Morgan fingerprint density at radius 3 is 2.59 bits per heavy atom. The van der Waals surface area contributed by atoms with Gasteiger partial charge in [-0.15, -0.1) is 0 Å². The van der Waals surface area contributed by atoms with E-state index in [4.69, 9.17) is 12.2 Å². The fourth-order valence-electron chi connectivity index (χ4n) is 2.99. The Morgan fingerprint density at radius 1 is 1.04 bits per heavy atom. The Morgan fingerprint density at radius 2 is 1.78 bits per heavy atom. The molecule has 0 aliphatic carbocycles. The van der Waals surface area contributed by atoms with E-state index in [2.05, 4.69) is 0 Å². The lowest BCUT2D eigenvalue weighted by atomic mass is 10.0. The lowest BCUT2D eigenvalue weighted by Gasteiger charge is -2.14. The van der Waals surface area contributed by atoms with Crippen LogP contribution in [0.15, 0.2) is 71.6 Å². The van der Waals surface area contributed by atoms with Crippen LogP contribution in [0.1, 0.15) is 15.9 Å². The summed E-state index contributed by atoms with van der Waals surface area (Å²) in [5.41, 5.74) is 1.51. The van der Waals surface area contributed by atoms with Gasteiger partial charge in [-0.25, -0.2) is 4.79 Å². The minimum Gasteiger partial charge on any atom is -0.478 e. The van der Waals surface area contributed by atoms with E-state index in [1.165, 1.54) is 28.8 Å². The van der Waals surface area contributed by atoms with Crippen LogP contribution in [0.2, 0.25) is 0 Å². The van der Waals surface area contributed by atoms with Crippen molar-refractivity contribution in [1.29, 1.82) is 0 Å². The van der Waals surface area contributed by atoms with Gasteiger partial charge in [0.15, 0.2) is 4.32 Å². The first-order valence-electron chi connectivity index (χ1n) is 8.14. The van der Waals surface area contributed by atoms with Crippen LogP contribution in [0.25, 0.3) is 16.8 Å². The predicted octanol–water partition coefficient (Wildman–Crippen LogP) is 4.94. The fraction of sp³-hybridized carbons (Fsp3) is 0. The van der Waals surface area contributed by atoms with Crippen LogP contribution in [0.5, 0.6) is 0 Å². The van der Waals surface area contributed by atoms with Crippen molar-refractivity contribution in [3.8, 4) is 0 Å². The Balaban J connectivity index is 1.74. The topological polar surface area (TPSA) is 57.6 Å². The molecule has 0 saturated carbocycles. The standard InChI is InChI=1S/C21H13NO3S2/c23-19-18(12-14-7-3-6-13-5-1-2-10-17(13)14)27-21(26)22(19)16-9-4-8-15(11-16)20(24)25/h1-12H,(H,24,25)/b18-12-. The van der Waals surface area contributed by atoms with E-state index < -0.39 is 5.97 Å². The summed E-state index contributed by atoms with van der Waals surface area (Å²) >= 11 is 6.59. The highest BCUT2D eigenvalue weighted by Crippen LogP contribution is 2.37. The number of hydrogen-bond acceptors (Lipinski definition) is 4. The molecule has 4 rings (SSSR count). The van der Waals surface area contributed by atoms with Crippen LogP contribution in [-0.4, -0.2) is 21.3 Å². The van der Waals surface area contributed by atoms with Gasteiger partial charge in [-0.05, 0) is 40.6 Å². The van der Waals surface area contributed by atoms with E-state index >= 15 is 0 Å². The first-order chi connectivity index (χ1) is 13.0. The van der Waals surface area contributed by atoms with Crippen LogP contribution in [-0.2, 0) is 4.79 Å². The van der Waals surface area contributed by atoms with Gasteiger partial charge in [-0.3, -0.25) is 9.69 Å². The second-order valence-electron chi connectivity index (χ2n) is 5.94. The molecule has 6 heteroatoms. The first-order valence-corrected chi connectivity index (χ1v) is 9.36. The predicted molar refractivity (Wildman–Crippen MR) is 113 cm³/mol. The number of carbonyl (C=O) groups excluding carboxylic acids is 1. The Kier molecular flexibility index (Phi) is 4.51. The van der Waals surface area contributed by atoms with E-state index in [0.717, 1.165) is 16.3 Å². The minimum absolute atomic E-state index is 0.111. The molecule has 1 fully saturated rings. The summed E-state index contributed by atoms with van der Waals surface area (Å²) in [5.74, 6) is -1.30. The number of thioether (sulfide) groups is 1. The molecule has 1 aliphatic heterocycles. The molecular weight excluding hydrogens is 378 g/mol. The van der Waals surface area contributed by atoms with Crippen LogP contribution < -0.4 is 4.90 Å². The quantitative estimate of drug-likeness (QED) is 0.506. The van der Waals surface area contributed by atoms with Gasteiger partial charge in [-0.2, -0.15) is 0 Å². The number of carbonyl (C=O) groups is 2. The van der Waals surface area contributed by atoms with E-state index in [1.807, 2.05) is 48.5 Å². The van der Waals surface area contributed by atoms with Gasteiger partial charge in [0.25, 0.3) is 5.91 Å². The number of thiocarbonyl (C=S) groups is 1. The maximum Gasteiger partial charge on any atom is 0.335 e. The number of rotatable bonds is 3. The highest BCUT2D eigenvalue weighted by Gasteiger charge is 2.33. The van der Waals surface area contributed by atoms with Crippen LogP contribution in [0, 0.1) is 0 Å². The van der Waals surface area contributed by atoms with Crippen molar-refractivity contribution in [1.82, 2.24) is 0 Å². The lowest BCUT2D eigenvalue weighted by molar-refractivity contribution is -0.113. The Labute approximate surface area is 165 Å². The highest BCUT2D eigenvalue weighted by molar-refractivity contribution is 8.27. The van der Waals surface area contributed by atoms with Crippen molar-refractivity contribution in [2.45, 2.75) is 0 Å². The third kappa shape index (κ3) is 3.25. The van der Waals surface area contributed by atoms with E-state index in [0.29, 0.717) is 14.9 Å². The summed E-state index contributed by atoms with van der Waals surface area (Å²) in [6.45, 7) is 0. The molecule has 0 atom stereocenters. The van der Waals surface area contributed by atoms with Gasteiger partial charge in [0.2, 0.25) is 0 Å². The van der Waals surface area contributed by atoms with E-state index in [1.54, 1.807) is 12.1 Å². The van der Waals surface area contributed by atoms with Crippen molar-refractivity contribution in [3.05, 3.63) is 82.8 Å². The highest BCUT2D eigenvalue weighted by atomic mass is 32.2. The summed E-state index contributed by atoms with van der Waals surface area (Å²) in [6, 6.07) is 20.1. The fourth-order valence-corrected chi connectivity index (χ4v) is 4.28. The second-order valence-corrected chi connectivity index (χ2v) is 7.62. The number of carboxylic acids is 1. The van der Waals surface area contributed by atoms with Gasteiger partial charge in [0.1, 0.15) is 0 Å². The van der Waals surface area contributed by atoms with Crippen molar-refractivity contribution >= 4 is 62.7 Å². The molecule has 132 valence electrons. The summed E-state index contributed by atoms with van der Waals surface area (Å²) in [5, 5.41) is 11.3.